The second-order valence-electron chi connectivity index (χ2n) is 6.16. The fraction of sp³-hybridized carbons (Fsp3) is 0.562. The summed E-state index contributed by atoms with van der Waals surface area (Å²) in [6.07, 6.45) is 1.56. The molecule has 1 aromatic rings. The standard InChI is InChI=1S/C16H23N3O4S/c1-13-4-6-14(7-5-13)24(21,22)19-10-8-18(9-11-19)16(20)17-15-3-2-12-23-15/h4-7,15H,2-3,8-12H2,1H3,(H,17,20). The lowest BCUT2D eigenvalue weighted by molar-refractivity contribution is 0.0807. The second-order valence-corrected chi connectivity index (χ2v) is 8.09. The number of benzene rings is 1. The molecule has 0 saturated carbocycles. The molecule has 1 aromatic carbocycles. The monoisotopic (exact) mass is 353 g/mol. The number of carbonyl (C=O) groups is 1. The van der Waals surface area contributed by atoms with Crippen molar-refractivity contribution in [2.75, 3.05) is 32.8 Å². The van der Waals surface area contributed by atoms with Crippen LogP contribution in [0.25, 0.3) is 0 Å². The Morgan fingerprint density at radius 3 is 2.42 bits per heavy atom. The van der Waals surface area contributed by atoms with Crippen LogP contribution in [0.15, 0.2) is 29.2 Å². The topological polar surface area (TPSA) is 79.0 Å². The molecule has 2 saturated heterocycles. The molecule has 1 atom stereocenters. The van der Waals surface area contributed by atoms with Gasteiger partial charge in [0, 0.05) is 32.8 Å². The van der Waals surface area contributed by atoms with Crippen LogP contribution in [-0.2, 0) is 14.8 Å². The van der Waals surface area contributed by atoms with E-state index >= 15 is 0 Å². The van der Waals surface area contributed by atoms with Crippen LogP contribution in [0.2, 0.25) is 0 Å². The maximum absolute atomic E-state index is 12.6. The molecular formula is C16H23N3O4S. The molecule has 3 rings (SSSR count). The number of aryl methyl sites for hydroxylation is 1. The van der Waals surface area contributed by atoms with Gasteiger partial charge >= 0.3 is 6.03 Å². The molecule has 1 unspecified atom stereocenters. The molecule has 0 spiro atoms. The summed E-state index contributed by atoms with van der Waals surface area (Å²) < 4.78 is 32.1. The summed E-state index contributed by atoms with van der Waals surface area (Å²) in [5, 5.41) is 2.84. The third kappa shape index (κ3) is 3.71. The highest BCUT2D eigenvalue weighted by atomic mass is 32.2. The Morgan fingerprint density at radius 1 is 1.17 bits per heavy atom. The van der Waals surface area contributed by atoms with Crippen molar-refractivity contribution < 1.29 is 17.9 Å². The van der Waals surface area contributed by atoms with Crippen molar-refractivity contribution in [2.45, 2.75) is 30.9 Å². The van der Waals surface area contributed by atoms with E-state index in [0.717, 1.165) is 18.4 Å². The Morgan fingerprint density at radius 2 is 1.83 bits per heavy atom. The smallest absolute Gasteiger partial charge is 0.319 e. The van der Waals surface area contributed by atoms with Gasteiger partial charge in [-0.3, -0.25) is 0 Å². The SMILES string of the molecule is Cc1ccc(S(=O)(=O)N2CCN(C(=O)NC3CCCO3)CC2)cc1. The van der Waals surface area contributed by atoms with Gasteiger partial charge in [0.25, 0.3) is 0 Å². The molecule has 8 heteroatoms. The summed E-state index contributed by atoms with van der Waals surface area (Å²) >= 11 is 0. The van der Waals surface area contributed by atoms with Gasteiger partial charge in [-0.05, 0) is 31.9 Å². The van der Waals surface area contributed by atoms with Gasteiger partial charge in [0.1, 0.15) is 6.23 Å². The maximum atomic E-state index is 12.6. The minimum Gasteiger partial charge on any atom is -0.358 e. The Bertz CT molecular complexity index is 676. The fourth-order valence-electron chi connectivity index (χ4n) is 2.91. The van der Waals surface area contributed by atoms with Crippen molar-refractivity contribution in [3.63, 3.8) is 0 Å². The molecule has 132 valence electrons. The van der Waals surface area contributed by atoms with Crippen molar-refractivity contribution in [3.8, 4) is 0 Å². The Balaban J connectivity index is 1.57. The van der Waals surface area contributed by atoms with Crippen LogP contribution in [0, 0.1) is 6.92 Å². The van der Waals surface area contributed by atoms with E-state index in [1.54, 1.807) is 29.2 Å². The molecule has 2 fully saturated rings. The third-order valence-corrected chi connectivity index (χ3v) is 6.31. The molecule has 0 bridgehead atoms. The van der Waals surface area contributed by atoms with E-state index in [1.807, 2.05) is 6.92 Å². The van der Waals surface area contributed by atoms with Crippen molar-refractivity contribution in [2.24, 2.45) is 0 Å². The number of sulfonamides is 1. The summed E-state index contributed by atoms with van der Waals surface area (Å²) in [5.74, 6) is 0. The zero-order valence-corrected chi connectivity index (χ0v) is 14.6. The van der Waals surface area contributed by atoms with E-state index in [2.05, 4.69) is 5.32 Å². The molecule has 0 aliphatic carbocycles. The van der Waals surface area contributed by atoms with Gasteiger partial charge in [-0.2, -0.15) is 4.31 Å². The lowest BCUT2D eigenvalue weighted by Gasteiger charge is -2.34. The van der Waals surface area contributed by atoms with Crippen LogP contribution in [-0.4, -0.2) is 62.7 Å². The van der Waals surface area contributed by atoms with Gasteiger partial charge in [-0.15, -0.1) is 0 Å². The number of hydrogen-bond donors (Lipinski definition) is 1. The van der Waals surface area contributed by atoms with Crippen LogP contribution >= 0.6 is 0 Å². The predicted octanol–water partition coefficient (Wildman–Crippen LogP) is 1.15. The average Bonchev–Trinajstić information content (AvgIpc) is 3.08. The fourth-order valence-corrected chi connectivity index (χ4v) is 4.33. The van der Waals surface area contributed by atoms with Crippen LogP contribution in [0.5, 0.6) is 0 Å². The minimum absolute atomic E-state index is 0.186. The third-order valence-electron chi connectivity index (χ3n) is 4.40. The Hall–Kier alpha value is -1.64. The highest BCUT2D eigenvalue weighted by molar-refractivity contribution is 7.89. The maximum Gasteiger partial charge on any atom is 0.319 e. The lowest BCUT2D eigenvalue weighted by atomic mass is 10.2. The number of ether oxygens (including phenoxy) is 1. The molecule has 2 amide bonds. The first-order chi connectivity index (χ1) is 11.5. The summed E-state index contributed by atoms with van der Waals surface area (Å²) in [4.78, 5) is 14.1. The Labute approximate surface area is 142 Å². The zero-order valence-electron chi connectivity index (χ0n) is 13.8. The van der Waals surface area contributed by atoms with Gasteiger partial charge in [-0.1, -0.05) is 17.7 Å². The number of hydrogen-bond acceptors (Lipinski definition) is 4. The minimum atomic E-state index is -3.50. The predicted molar refractivity (Wildman–Crippen MR) is 89.0 cm³/mol. The van der Waals surface area contributed by atoms with E-state index in [0.29, 0.717) is 37.7 Å². The van der Waals surface area contributed by atoms with E-state index in [1.165, 1.54) is 4.31 Å². The molecule has 0 radical (unpaired) electrons. The van der Waals surface area contributed by atoms with Crippen molar-refractivity contribution in [1.29, 1.82) is 0 Å². The molecule has 1 N–H and O–H groups in total. The molecule has 2 aliphatic rings. The molecule has 2 aliphatic heterocycles. The molecule has 2 heterocycles. The van der Waals surface area contributed by atoms with E-state index in [4.69, 9.17) is 4.74 Å². The summed E-state index contributed by atoms with van der Waals surface area (Å²) in [6.45, 7) is 3.95. The van der Waals surface area contributed by atoms with Crippen molar-refractivity contribution in [3.05, 3.63) is 29.8 Å². The summed E-state index contributed by atoms with van der Waals surface area (Å²) in [5.41, 5.74) is 1.02. The van der Waals surface area contributed by atoms with Crippen LogP contribution in [0.4, 0.5) is 4.79 Å². The number of carbonyl (C=O) groups excluding carboxylic acids is 1. The van der Waals surface area contributed by atoms with E-state index < -0.39 is 10.0 Å². The van der Waals surface area contributed by atoms with Gasteiger partial charge in [-0.25, -0.2) is 13.2 Å². The van der Waals surface area contributed by atoms with Gasteiger partial charge in [0.2, 0.25) is 10.0 Å². The number of nitrogens with one attached hydrogen (secondary N) is 1. The Kier molecular flexibility index (Phi) is 5.07. The highest BCUT2D eigenvalue weighted by Crippen LogP contribution is 2.18. The van der Waals surface area contributed by atoms with E-state index in [-0.39, 0.29) is 12.3 Å². The molecule has 7 nitrogen and oxygen atoms in total. The average molecular weight is 353 g/mol. The first kappa shape index (κ1) is 17.2. The lowest BCUT2D eigenvalue weighted by Crippen LogP contribution is -2.54. The number of nitrogens with zero attached hydrogens (tertiary/aromatic N) is 2. The molecular weight excluding hydrogens is 330 g/mol. The number of urea groups is 1. The molecule has 24 heavy (non-hydrogen) atoms. The second kappa shape index (κ2) is 7.08. The van der Waals surface area contributed by atoms with Crippen molar-refractivity contribution in [1.82, 2.24) is 14.5 Å². The number of rotatable bonds is 3. The summed E-state index contributed by atoms with van der Waals surface area (Å²) in [7, 11) is -3.50. The first-order valence-corrected chi connectivity index (χ1v) is 9.65. The van der Waals surface area contributed by atoms with Crippen molar-refractivity contribution >= 4 is 16.1 Å². The number of amides is 2. The quantitative estimate of drug-likeness (QED) is 0.884. The van der Waals surface area contributed by atoms with Crippen LogP contribution in [0.1, 0.15) is 18.4 Å². The normalized spacial score (nSPS) is 22.5. The van der Waals surface area contributed by atoms with Gasteiger partial charge in [0.05, 0.1) is 4.90 Å². The molecule has 0 aromatic heterocycles. The summed E-state index contributed by atoms with van der Waals surface area (Å²) in [6, 6.07) is 6.65. The zero-order chi connectivity index (χ0) is 17.2. The van der Waals surface area contributed by atoms with Crippen LogP contribution < -0.4 is 5.32 Å². The largest absolute Gasteiger partial charge is 0.358 e. The first-order valence-electron chi connectivity index (χ1n) is 8.21. The van der Waals surface area contributed by atoms with Gasteiger partial charge in [0.15, 0.2) is 0 Å². The van der Waals surface area contributed by atoms with Crippen LogP contribution in [0.3, 0.4) is 0 Å². The van der Waals surface area contributed by atoms with E-state index in [9.17, 15) is 13.2 Å². The van der Waals surface area contributed by atoms with Gasteiger partial charge < -0.3 is 15.0 Å². The number of piperazine rings is 1. The highest BCUT2D eigenvalue weighted by Gasteiger charge is 2.31.